The number of hydrogen-bond acceptors (Lipinski definition) is 4. The van der Waals surface area contributed by atoms with Crippen molar-refractivity contribution in [3.63, 3.8) is 0 Å². The van der Waals surface area contributed by atoms with Gasteiger partial charge in [0, 0.05) is 12.3 Å². The van der Waals surface area contributed by atoms with Crippen LogP contribution >= 0.6 is 11.8 Å². The number of thioether (sulfide) groups is 1. The quantitative estimate of drug-likeness (QED) is 0.316. The molecule has 1 saturated heterocycles. The molecule has 13 heavy (non-hydrogen) atoms. The molecule has 1 rings (SSSR count). The highest BCUT2D eigenvalue weighted by molar-refractivity contribution is 8.13. The monoisotopic (exact) mass is 202 g/mol. The average Bonchev–Trinajstić information content (AvgIpc) is 2.34. The Kier molecular flexibility index (Phi) is 3.13. The standard InChI is InChI=1S/C6H10N4O2S/c7-5(8)13-2-1-10-4(11)3-9-6(10)12/h1-3H2,(H3,7,8)(H,9,12). The fourth-order valence-corrected chi connectivity index (χ4v) is 1.42. The van der Waals surface area contributed by atoms with Gasteiger partial charge in [-0.2, -0.15) is 0 Å². The zero-order valence-corrected chi connectivity index (χ0v) is 7.69. The lowest BCUT2D eigenvalue weighted by atomic mass is 10.5. The highest BCUT2D eigenvalue weighted by Gasteiger charge is 2.27. The van der Waals surface area contributed by atoms with Crippen LogP contribution in [-0.2, 0) is 4.79 Å². The van der Waals surface area contributed by atoms with Crippen LogP contribution in [0.5, 0.6) is 0 Å². The molecule has 0 aliphatic carbocycles. The van der Waals surface area contributed by atoms with Crippen molar-refractivity contribution in [2.75, 3.05) is 18.8 Å². The summed E-state index contributed by atoms with van der Waals surface area (Å²) in [5.74, 6) is 0.239. The van der Waals surface area contributed by atoms with Gasteiger partial charge in [0.25, 0.3) is 0 Å². The Balaban J connectivity index is 2.31. The van der Waals surface area contributed by atoms with Gasteiger partial charge in [0.1, 0.15) is 0 Å². The summed E-state index contributed by atoms with van der Waals surface area (Å²) in [5.41, 5.74) is 5.09. The Morgan fingerprint density at radius 2 is 2.38 bits per heavy atom. The van der Waals surface area contributed by atoms with Gasteiger partial charge in [-0.3, -0.25) is 15.1 Å². The Morgan fingerprint density at radius 3 is 2.85 bits per heavy atom. The number of imide groups is 1. The fraction of sp³-hybridized carbons (Fsp3) is 0.500. The van der Waals surface area contributed by atoms with E-state index in [1.54, 1.807) is 0 Å². The van der Waals surface area contributed by atoms with Gasteiger partial charge in [0.2, 0.25) is 5.91 Å². The molecule has 0 spiro atoms. The second-order valence-electron chi connectivity index (χ2n) is 2.42. The molecule has 1 fully saturated rings. The van der Waals surface area contributed by atoms with Crippen LogP contribution in [0.15, 0.2) is 0 Å². The van der Waals surface area contributed by atoms with Crippen LogP contribution in [0.25, 0.3) is 0 Å². The normalized spacial score (nSPS) is 16.2. The molecule has 72 valence electrons. The molecule has 0 radical (unpaired) electrons. The van der Waals surface area contributed by atoms with Crippen molar-refractivity contribution in [2.24, 2.45) is 5.73 Å². The third kappa shape index (κ3) is 2.62. The van der Waals surface area contributed by atoms with Crippen LogP contribution in [0.2, 0.25) is 0 Å². The van der Waals surface area contributed by atoms with E-state index in [2.05, 4.69) is 5.32 Å². The third-order valence-corrected chi connectivity index (χ3v) is 2.21. The highest BCUT2D eigenvalue weighted by Crippen LogP contribution is 2.03. The molecule has 0 atom stereocenters. The first kappa shape index (κ1) is 9.85. The Hall–Kier alpha value is -1.24. The number of nitrogens with zero attached hydrogens (tertiary/aromatic N) is 1. The maximum absolute atomic E-state index is 11.0. The van der Waals surface area contributed by atoms with E-state index in [9.17, 15) is 9.59 Å². The van der Waals surface area contributed by atoms with Crippen molar-refractivity contribution in [1.82, 2.24) is 10.2 Å². The molecule has 1 aliphatic heterocycles. The number of amidine groups is 1. The van der Waals surface area contributed by atoms with Gasteiger partial charge in [-0.15, -0.1) is 0 Å². The molecule has 3 amide bonds. The molecular formula is C6H10N4O2S. The largest absolute Gasteiger partial charge is 0.379 e. The van der Waals surface area contributed by atoms with E-state index < -0.39 is 0 Å². The topological polar surface area (TPSA) is 99.3 Å². The molecule has 7 heteroatoms. The van der Waals surface area contributed by atoms with Crippen LogP contribution in [0.1, 0.15) is 0 Å². The van der Waals surface area contributed by atoms with E-state index in [-0.39, 0.29) is 23.7 Å². The lowest BCUT2D eigenvalue weighted by Crippen LogP contribution is -2.33. The predicted octanol–water partition coefficient (Wildman–Crippen LogP) is -0.835. The summed E-state index contributed by atoms with van der Waals surface area (Å²) in [6, 6.07) is -0.367. The van der Waals surface area contributed by atoms with E-state index in [4.69, 9.17) is 11.1 Å². The Bertz CT molecular complexity index is 239. The van der Waals surface area contributed by atoms with Gasteiger partial charge in [0.05, 0.1) is 6.54 Å². The maximum atomic E-state index is 11.0. The van der Waals surface area contributed by atoms with Gasteiger partial charge in [0.15, 0.2) is 5.17 Å². The zero-order chi connectivity index (χ0) is 9.84. The van der Waals surface area contributed by atoms with E-state index in [0.717, 1.165) is 16.7 Å². The predicted molar refractivity (Wildman–Crippen MR) is 49.5 cm³/mol. The minimum absolute atomic E-state index is 0.00736. The van der Waals surface area contributed by atoms with Crippen molar-refractivity contribution in [3.8, 4) is 0 Å². The molecular weight excluding hydrogens is 192 g/mol. The summed E-state index contributed by atoms with van der Waals surface area (Å²) >= 11 is 1.11. The molecule has 0 aromatic rings. The Labute approximate surface area is 79.3 Å². The van der Waals surface area contributed by atoms with Gasteiger partial charge >= 0.3 is 6.03 Å². The van der Waals surface area contributed by atoms with Crippen molar-refractivity contribution in [2.45, 2.75) is 0 Å². The van der Waals surface area contributed by atoms with Crippen molar-refractivity contribution < 1.29 is 9.59 Å². The number of nitrogens with one attached hydrogen (secondary N) is 2. The van der Waals surface area contributed by atoms with Gasteiger partial charge in [-0.25, -0.2) is 4.79 Å². The van der Waals surface area contributed by atoms with Crippen LogP contribution in [0.3, 0.4) is 0 Å². The molecule has 1 aliphatic rings. The van der Waals surface area contributed by atoms with Crippen molar-refractivity contribution >= 4 is 28.9 Å². The molecule has 6 nitrogen and oxygen atoms in total. The number of rotatable bonds is 3. The smallest absolute Gasteiger partial charge is 0.324 e. The first-order valence-electron chi connectivity index (χ1n) is 3.66. The SMILES string of the molecule is N=C(N)SCCN1C(=O)CNC1=O. The molecule has 4 N–H and O–H groups in total. The average molecular weight is 202 g/mol. The number of urea groups is 1. The van der Waals surface area contributed by atoms with E-state index in [1.165, 1.54) is 0 Å². The van der Waals surface area contributed by atoms with Crippen molar-refractivity contribution in [3.05, 3.63) is 0 Å². The third-order valence-electron chi connectivity index (χ3n) is 1.51. The Morgan fingerprint density at radius 1 is 1.69 bits per heavy atom. The van der Waals surface area contributed by atoms with Gasteiger partial charge < -0.3 is 11.1 Å². The van der Waals surface area contributed by atoms with Gasteiger partial charge in [-0.1, -0.05) is 11.8 Å². The number of amides is 3. The first-order chi connectivity index (χ1) is 6.11. The van der Waals surface area contributed by atoms with Crippen molar-refractivity contribution in [1.29, 1.82) is 5.41 Å². The van der Waals surface area contributed by atoms with Crippen LogP contribution in [0.4, 0.5) is 4.79 Å². The molecule has 1 heterocycles. The van der Waals surface area contributed by atoms with Crippen LogP contribution in [-0.4, -0.2) is 40.8 Å². The van der Waals surface area contributed by atoms with E-state index in [1.807, 2.05) is 0 Å². The number of carbonyl (C=O) groups excluding carboxylic acids is 2. The summed E-state index contributed by atoms with van der Waals surface area (Å²) in [7, 11) is 0. The first-order valence-corrected chi connectivity index (χ1v) is 4.65. The molecule has 0 aromatic heterocycles. The van der Waals surface area contributed by atoms with E-state index in [0.29, 0.717) is 12.3 Å². The maximum Gasteiger partial charge on any atom is 0.324 e. The molecule has 0 saturated carbocycles. The summed E-state index contributed by atoms with van der Waals surface area (Å²) in [4.78, 5) is 23.1. The second-order valence-corrected chi connectivity index (χ2v) is 3.55. The van der Waals surface area contributed by atoms with Gasteiger partial charge in [-0.05, 0) is 0 Å². The summed E-state index contributed by atoms with van der Waals surface area (Å²) in [5, 5.41) is 9.30. The van der Waals surface area contributed by atoms with Crippen LogP contribution < -0.4 is 11.1 Å². The lowest BCUT2D eigenvalue weighted by Gasteiger charge is -2.10. The fourth-order valence-electron chi connectivity index (χ4n) is 0.928. The summed E-state index contributed by atoms with van der Waals surface area (Å²) in [6.45, 7) is 0.373. The summed E-state index contributed by atoms with van der Waals surface area (Å²) in [6.07, 6.45) is 0. The molecule has 0 bridgehead atoms. The second kappa shape index (κ2) is 4.13. The number of carbonyl (C=O) groups is 2. The van der Waals surface area contributed by atoms with Crippen LogP contribution in [0, 0.1) is 5.41 Å². The molecule has 0 unspecified atom stereocenters. The number of nitrogens with two attached hydrogens (primary N) is 1. The summed E-state index contributed by atoms with van der Waals surface area (Å²) < 4.78 is 0. The minimum Gasteiger partial charge on any atom is -0.379 e. The number of hydrogen-bond donors (Lipinski definition) is 3. The zero-order valence-electron chi connectivity index (χ0n) is 6.87. The lowest BCUT2D eigenvalue weighted by molar-refractivity contribution is -0.124. The molecule has 0 aromatic carbocycles. The van der Waals surface area contributed by atoms with E-state index >= 15 is 0 Å². The highest BCUT2D eigenvalue weighted by atomic mass is 32.2. The minimum atomic E-state index is -0.367.